The van der Waals surface area contributed by atoms with Gasteiger partial charge in [-0.1, -0.05) is 34.6 Å². The average Bonchev–Trinajstić information content (AvgIpc) is 3.24. The van der Waals surface area contributed by atoms with Crippen LogP contribution in [0.25, 0.3) is 0 Å². The van der Waals surface area contributed by atoms with Gasteiger partial charge in [0.05, 0.1) is 19.4 Å². The summed E-state index contributed by atoms with van der Waals surface area (Å²) in [6.07, 6.45) is -1.90. The second-order valence-electron chi connectivity index (χ2n) is 10.2. The summed E-state index contributed by atoms with van der Waals surface area (Å²) in [5.41, 5.74) is -0.705. The molecule has 1 saturated heterocycles. The lowest BCUT2D eigenvalue weighted by molar-refractivity contribution is -0.176. The Hall–Kier alpha value is -3.36. The van der Waals surface area contributed by atoms with Crippen LogP contribution in [-0.2, 0) is 14.4 Å². The fraction of sp³-hybridized carbons (Fsp3) is 0.625. The molecule has 2 heterocycles. The van der Waals surface area contributed by atoms with Crippen molar-refractivity contribution in [2.24, 2.45) is 17.3 Å². The number of likely N-dealkylation sites (tertiary alicyclic amines) is 1. The molecule has 198 valence electrons. The van der Waals surface area contributed by atoms with Gasteiger partial charge in [-0.15, -0.1) is 0 Å². The van der Waals surface area contributed by atoms with E-state index in [0.29, 0.717) is 17.7 Å². The lowest BCUT2D eigenvalue weighted by Crippen LogP contribution is -2.60. The number of methoxy groups -OCH3 is 1. The second kappa shape index (κ2) is 11.1. The fourth-order valence-corrected chi connectivity index (χ4v) is 4.25. The number of rotatable bonds is 7. The van der Waals surface area contributed by atoms with Crippen molar-refractivity contribution in [2.75, 3.05) is 13.7 Å². The number of alkyl halides is 3. The van der Waals surface area contributed by atoms with Crippen LogP contribution in [0.5, 0.6) is 5.75 Å². The van der Waals surface area contributed by atoms with Crippen molar-refractivity contribution < 1.29 is 32.3 Å². The van der Waals surface area contributed by atoms with E-state index in [1.54, 1.807) is 11.4 Å². The third-order valence-corrected chi connectivity index (χ3v) is 6.22. The summed E-state index contributed by atoms with van der Waals surface area (Å²) in [5.74, 6) is -3.62. The Balaban J connectivity index is 2.38. The molecule has 1 aromatic rings. The van der Waals surface area contributed by atoms with Gasteiger partial charge in [-0.05, 0) is 29.7 Å². The van der Waals surface area contributed by atoms with Crippen LogP contribution in [0.4, 0.5) is 13.2 Å². The Morgan fingerprint density at radius 3 is 2.33 bits per heavy atom. The minimum Gasteiger partial charge on any atom is -0.495 e. The number of nitriles is 1. The SMILES string of the molecule is COc1cncc(C(C#N)NC(=O)[C@@H]2C(C(C)C)CCN2C(=O)[C@@H](NC(=O)C(F)(F)F)C(C)(C)C)c1. The fourth-order valence-electron chi connectivity index (χ4n) is 4.25. The molecule has 3 amide bonds. The lowest BCUT2D eigenvalue weighted by Gasteiger charge is -2.37. The number of amides is 3. The molecule has 0 bridgehead atoms. The predicted octanol–water partition coefficient (Wildman–Crippen LogP) is 2.74. The molecule has 0 radical (unpaired) electrons. The number of nitrogens with one attached hydrogen (secondary N) is 2. The molecular formula is C24H32F3N5O4. The first-order valence-electron chi connectivity index (χ1n) is 11.5. The van der Waals surface area contributed by atoms with Crippen LogP contribution in [0, 0.1) is 28.6 Å². The molecule has 36 heavy (non-hydrogen) atoms. The largest absolute Gasteiger partial charge is 0.495 e. The molecule has 1 fully saturated rings. The van der Waals surface area contributed by atoms with Crippen LogP contribution in [0.1, 0.15) is 52.6 Å². The van der Waals surface area contributed by atoms with E-state index in [1.807, 2.05) is 19.9 Å². The second-order valence-corrected chi connectivity index (χ2v) is 10.2. The zero-order valence-corrected chi connectivity index (χ0v) is 21.1. The number of pyridine rings is 1. The Morgan fingerprint density at radius 2 is 1.83 bits per heavy atom. The van der Waals surface area contributed by atoms with Gasteiger partial charge in [0.2, 0.25) is 11.8 Å². The maximum atomic E-state index is 13.5. The summed E-state index contributed by atoms with van der Waals surface area (Å²) in [4.78, 5) is 43.9. The summed E-state index contributed by atoms with van der Waals surface area (Å²) in [6, 6.07) is -0.139. The number of halogens is 3. The molecule has 2 unspecified atom stereocenters. The summed E-state index contributed by atoms with van der Waals surface area (Å²) < 4.78 is 44.0. The highest BCUT2D eigenvalue weighted by Gasteiger charge is 2.49. The van der Waals surface area contributed by atoms with Crippen LogP contribution >= 0.6 is 0 Å². The molecular weight excluding hydrogens is 479 g/mol. The van der Waals surface area contributed by atoms with Gasteiger partial charge < -0.3 is 20.3 Å². The Morgan fingerprint density at radius 1 is 1.19 bits per heavy atom. The summed E-state index contributed by atoms with van der Waals surface area (Å²) in [6.45, 7) is 8.45. The Bertz CT molecular complexity index is 1020. The van der Waals surface area contributed by atoms with E-state index in [-0.39, 0.29) is 18.4 Å². The number of carbonyl (C=O) groups excluding carboxylic acids is 3. The number of hydrogen-bond acceptors (Lipinski definition) is 6. The highest BCUT2D eigenvalue weighted by atomic mass is 19.4. The average molecular weight is 512 g/mol. The lowest BCUT2D eigenvalue weighted by atomic mass is 9.84. The highest BCUT2D eigenvalue weighted by molar-refractivity contribution is 5.94. The number of ether oxygens (including phenoxy) is 1. The van der Waals surface area contributed by atoms with Gasteiger partial charge in [0.1, 0.15) is 23.9 Å². The minimum absolute atomic E-state index is 0.0459. The van der Waals surface area contributed by atoms with Crippen molar-refractivity contribution in [3.05, 3.63) is 24.0 Å². The van der Waals surface area contributed by atoms with E-state index in [4.69, 9.17) is 4.74 Å². The van der Waals surface area contributed by atoms with Gasteiger partial charge in [-0.3, -0.25) is 19.4 Å². The highest BCUT2D eigenvalue weighted by Crippen LogP contribution is 2.34. The topological polar surface area (TPSA) is 124 Å². The Labute approximate surface area is 208 Å². The molecule has 0 spiro atoms. The first-order valence-corrected chi connectivity index (χ1v) is 11.5. The maximum absolute atomic E-state index is 13.5. The number of hydrogen-bond donors (Lipinski definition) is 2. The van der Waals surface area contributed by atoms with Gasteiger partial charge in [0.25, 0.3) is 0 Å². The van der Waals surface area contributed by atoms with Gasteiger partial charge in [0, 0.05) is 18.3 Å². The van der Waals surface area contributed by atoms with Crippen molar-refractivity contribution in [1.82, 2.24) is 20.5 Å². The van der Waals surface area contributed by atoms with Crippen LogP contribution in [0.15, 0.2) is 18.5 Å². The zero-order valence-electron chi connectivity index (χ0n) is 21.1. The molecule has 12 heteroatoms. The van der Waals surface area contributed by atoms with Crippen LogP contribution in [-0.4, -0.2) is 59.5 Å². The number of nitrogens with zero attached hydrogens (tertiary/aromatic N) is 3. The van der Waals surface area contributed by atoms with E-state index < -0.39 is 47.4 Å². The quantitative estimate of drug-likeness (QED) is 0.580. The summed E-state index contributed by atoms with van der Waals surface area (Å²) in [7, 11) is 1.43. The monoisotopic (exact) mass is 511 g/mol. The van der Waals surface area contributed by atoms with Gasteiger partial charge >= 0.3 is 12.1 Å². The first-order chi connectivity index (χ1) is 16.6. The minimum atomic E-state index is -5.17. The molecule has 0 saturated carbocycles. The summed E-state index contributed by atoms with van der Waals surface area (Å²) >= 11 is 0. The van der Waals surface area contributed by atoms with Gasteiger partial charge in [-0.25, -0.2) is 0 Å². The van der Waals surface area contributed by atoms with E-state index in [9.17, 15) is 32.8 Å². The predicted molar refractivity (Wildman–Crippen MR) is 123 cm³/mol. The van der Waals surface area contributed by atoms with Gasteiger partial charge in [0.15, 0.2) is 0 Å². The number of carbonyl (C=O) groups is 3. The molecule has 2 rings (SSSR count). The standard InChI is InChI=1S/C24H32F3N5O4/c1-13(2)16-7-8-32(21(34)19(23(3,4)5)31-22(35)24(25,26)27)18(16)20(33)30-17(10-28)14-9-15(36-6)12-29-11-14/h9,11-13,16-19H,7-8H2,1-6H3,(H,30,33)(H,31,35)/t16?,17?,18-,19+/m0/s1. The molecule has 1 aliphatic heterocycles. The third-order valence-electron chi connectivity index (χ3n) is 6.22. The zero-order chi connectivity index (χ0) is 27.4. The summed E-state index contributed by atoms with van der Waals surface area (Å²) in [5, 5.41) is 14.1. The van der Waals surface area contributed by atoms with Crippen molar-refractivity contribution >= 4 is 17.7 Å². The van der Waals surface area contributed by atoms with E-state index >= 15 is 0 Å². The maximum Gasteiger partial charge on any atom is 0.471 e. The molecule has 0 aliphatic carbocycles. The van der Waals surface area contributed by atoms with E-state index in [0.717, 1.165) is 0 Å². The van der Waals surface area contributed by atoms with Crippen LogP contribution < -0.4 is 15.4 Å². The van der Waals surface area contributed by atoms with Gasteiger partial charge in [-0.2, -0.15) is 18.4 Å². The van der Waals surface area contributed by atoms with Crippen LogP contribution in [0.2, 0.25) is 0 Å². The van der Waals surface area contributed by atoms with E-state index in [2.05, 4.69) is 10.3 Å². The molecule has 9 nitrogen and oxygen atoms in total. The molecule has 1 aliphatic rings. The van der Waals surface area contributed by atoms with Crippen molar-refractivity contribution in [3.8, 4) is 11.8 Å². The Kier molecular flexibility index (Phi) is 8.93. The molecule has 1 aromatic heterocycles. The van der Waals surface area contributed by atoms with Crippen molar-refractivity contribution in [1.29, 1.82) is 5.26 Å². The third kappa shape index (κ3) is 6.65. The smallest absolute Gasteiger partial charge is 0.471 e. The van der Waals surface area contributed by atoms with Crippen molar-refractivity contribution in [2.45, 2.75) is 65.3 Å². The number of aromatic nitrogens is 1. The first kappa shape index (κ1) is 28.9. The van der Waals surface area contributed by atoms with E-state index in [1.165, 1.54) is 45.2 Å². The molecule has 0 aromatic carbocycles. The van der Waals surface area contributed by atoms with Crippen molar-refractivity contribution in [3.63, 3.8) is 0 Å². The molecule has 2 N–H and O–H groups in total. The van der Waals surface area contributed by atoms with Crippen LogP contribution in [0.3, 0.4) is 0 Å². The normalized spacial score (nSPS) is 19.9. The molecule has 4 atom stereocenters.